The molecule has 0 amide bonds. The lowest BCUT2D eigenvalue weighted by Gasteiger charge is -2.32. The second kappa shape index (κ2) is 9.86. The molecule has 0 aliphatic carbocycles. The normalized spacial score (nSPS) is 12.7. The minimum Gasteiger partial charge on any atom is -0.378 e. The minimum atomic E-state index is -2.57. The van der Waals surface area contributed by atoms with Gasteiger partial charge < -0.3 is 19.3 Å². The Bertz CT molecular complexity index is 728. The zero-order chi connectivity index (χ0) is 19.2. The van der Waals surface area contributed by atoms with Crippen LogP contribution in [0, 0.1) is 0 Å². The number of nitrogens with zero attached hydrogens (tertiary/aromatic N) is 1. The monoisotopic (exact) mass is 456 g/mol. The van der Waals surface area contributed by atoms with Gasteiger partial charge in [-0.3, -0.25) is 0 Å². The first kappa shape index (κ1) is 21.4. The summed E-state index contributed by atoms with van der Waals surface area (Å²) in [6, 6.07) is 16.4. The van der Waals surface area contributed by atoms with Crippen molar-refractivity contribution in [2.45, 2.75) is 19.6 Å². The predicted octanol–water partition coefficient (Wildman–Crippen LogP) is 6.01. The van der Waals surface area contributed by atoms with Gasteiger partial charge in [0.25, 0.3) is 0 Å². The third-order valence-electron chi connectivity index (χ3n) is 3.81. The number of nitrogens with one attached hydrogen (secondary N) is 1. The zero-order valence-corrected chi connectivity index (χ0v) is 18.9. The molecule has 1 unspecified atom stereocenters. The van der Waals surface area contributed by atoms with Crippen LogP contribution in [-0.2, 0) is 20.9 Å². The van der Waals surface area contributed by atoms with Gasteiger partial charge >= 0.3 is 0 Å². The van der Waals surface area contributed by atoms with Crippen molar-refractivity contribution in [2.75, 3.05) is 37.5 Å². The van der Waals surface area contributed by atoms with E-state index < -0.39 is 6.49 Å². The fraction of sp³-hybridized carbons (Fsp3) is 0.368. The van der Waals surface area contributed by atoms with Crippen LogP contribution in [0.5, 0.6) is 0 Å². The number of benzene rings is 2. The topological polar surface area (TPSA) is 33.7 Å². The Hall–Kier alpha value is -0.910. The van der Waals surface area contributed by atoms with Crippen molar-refractivity contribution in [3.05, 3.63) is 58.6 Å². The van der Waals surface area contributed by atoms with Crippen LogP contribution in [-0.4, -0.2) is 27.3 Å². The Balaban J connectivity index is 2.42. The summed E-state index contributed by atoms with van der Waals surface area (Å²) < 4.78 is 13.0. The number of anilines is 2. The summed E-state index contributed by atoms with van der Waals surface area (Å²) in [5.41, 5.74) is 3.17. The Labute approximate surface area is 170 Å². The SMILES string of the molecule is CCOP(=S)(OCC)C(Nc1ccc(Br)cc1)c1ccc(N(C)C)cc1. The highest BCUT2D eigenvalue weighted by molar-refractivity contribution is 9.10. The molecule has 0 aromatic heterocycles. The largest absolute Gasteiger partial charge is 0.378 e. The molecule has 0 saturated heterocycles. The number of hydrogen-bond donors (Lipinski definition) is 1. The summed E-state index contributed by atoms with van der Waals surface area (Å²) in [6.45, 7) is 2.37. The average Bonchev–Trinajstić information content (AvgIpc) is 2.61. The van der Waals surface area contributed by atoms with Crippen LogP contribution < -0.4 is 10.2 Å². The summed E-state index contributed by atoms with van der Waals surface area (Å²) in [7, 11) is 4.05. The first-order valence-corrected chi connectivity index (χ1v) is 12.1. The van der Waals surface area contributed by atoms with E-state index in [1.54, 1.807) is 0 Å². The molecule has 0 fully saturated rings. The minimum absolute atomic E-state index is 0.227. The van der Waals surface area contributed by atoms with Gasteiger partial charge in [0.15, 0.2) is 0 Å². The molecule has 142 valence electrons. The molecule has 2 aromatic carbocycles. The molecule has 0 aliphatic rings. The van der Waals surface area contributed by atoms with E-state index in [9.17, 15) is 0 Å². The van der Waals surface area contributed by atoms with E-state index in [1.807, 2.05) is 52.2 Å². The highest BCUT2D eigenvalue weighted by Crippen LogP contribution is 2.61. The number of rotatable bonds is 9. The van der Waals surface area contributed by atoms with Crippen LogP contribution in [0.2, 0.25) is 0 Å². The maximum Gasteiger partial charge on any atom is 0.215 e. The summed E-state index contributed by atoms with van der Waals surface area (Å²) in [5.74, 6) is -0.227. The Morgan fingerprint density at radius 1 is 1.00 bits per heavy atom. The molecule has 0 radical (unpaired) electrons. The van der Waals surface area contributed by atoms with Crippen molar-refractivity contribution >= 4 is 45.6 Å². The standard InChI is InChI=1S/C19H26BrN2O2PS/c1-5-23-25(26,24-6-2)19(21-17-11-9-16(20)10-12-17)15-7-13-18(14-8-15)22(3)4/h7-14,19,21H,5-6H2,1-4H3. The lowest BCUT2D eigenvalue weighted by Crippen LogP contribution is -2.15. The molecule has 0 aliphatic heterocycles. The fourth-order valence-electron chi connectivity index (χ4n) is 2.55. The molecular formula is C19H26BrN2O2PS. The first-order chi connectivity index (χ1) is 12.4. The second-order valence-corrected chi connectivity index (χ2v) is 10.5. The van der Waals surface area contributed by atoms with Gasteiger partial charge in [-0.15, -0.1) is 0 Å². The van der Waals surface area contributed by atoms with Gasteiger partial charge in [0.2, 0.25) is 6.49 Å². The van der Waals surface area contributed by atoms with Crippen molar-refractivity contribution in [1.29, 1.82) is 0 Å². The van der Waals surface area contributed by atoms with Crippen LogP contribution in [0.25, 0.3) is 0 Å². The van der Waals surface area contributed by atoms with Gasteiger partial charge in [0.1, 0.15) is 5.78 Å². The lowest BCUT2D eigenvalue weighted by atomic mass is 10.2. The molecule has 0 spiro atoms. The Kier molecular flexibility index (Phi) is 8.11. The van der Waals surface area contributed by atoms with Crippen LogP contribution in [0.15, 0.2) is 53.0 Å². The molecule has 7 heteroatoms. The Morgan fingerprint density at radius 2 is 1.54 bits per heavy atom. The molecule has 0 heterocycles. The van der Waals surface area contributed by atoms with Crippen LogP contribution in [0.4, 0.5) is 11.4 Å². The maximum absolute atomic E-state index is 5.98. The van der Waals surface area contributed by atoms with Gasteiger partial charge in [0.05, 0.1) is 13.2 Å². The molecule has 0 saturated carbocycles. The van der Waals surface area contributed by atoms with Gasteiger partial charge in [-0.2, -0.15) is 0 Å². The lowest BCUT2D eigenvalue weighted by molar-refractivity contribution is 0.261. The van der Waals surface area contributed by atoms with Crippen molar-refractivity contribution in [3.63, 3.8) is 0 Å². The molecule has 1 atom stereocenters. The third kappa shape index (κ3) is 5.54. The predicted molar refractivity (Wildman–Crippen MR) is 119 cm³/mol. The molecule has 0 bridgehead atoms. The van der Waals surface area contributed by atoms with E-state index in [-0.39, 0.29) is 5.78 Å². The van der Waals surface area contributed by atoms with Crippen LogP contribution >= 0.6 is 22.4 Å². The molecule has 2 aromatic rings. The average molecular weight is 457 g/mol. The van der Waals surface area contributed by atoms with Gasteiger partial charge in [-0.05, 0) is 67.6 Å². The summed E-state index contributed by atoms with van der Waals surface area (Å²) in [6.07, 6.45) is 0. The van der Waals surface area contributed by atoms with Crippen molar-refractivity contribution < 1.29 is 9.05 Å². The van der Waals surface area contributed by atoms with Crippen LogP contribution in [0.1, 0.15) is 25.2 Å². The van der Waals surface area contributed by atoms with Gasteiger partial charge in [0, 0.05) is 29.9 Å². The number of halogens is 1. The van der Waals surface area contributed by atoms with Gasteiger partial charge in [-0.1, -0.05) is 28.1 Å². The quantitative estimate of drug-likeness (QED) is 0.467. The van der Waals surface area contributed by atoms with E-state index in [2.05, 4.69) is 50.4 Å². The third-order valence-corrected chi connectivity index (χ3v) is 7.90. The van der Waals surface area contributed by atoms with E-state index in [1.165, 1.54) is 0 Å². The fourth-order valence-corrected chi connectivity index (χ4v) is 5.91. The van der Waals surface area contributed by atoms with Gasteiger partial charge in [-0.25, -0.2) is 0 Å². The van der Waals surface area contributed by atoms with Crippen molar-refractivity contribution in [1.82, 2.24) is 0 Å². The molecule has 4 nitrogen and oxygen atoms in total. The maximum atomic E-state index is 5.98. The van der Waals surface area contributed by atoms with E-state index in [0.29, 0.717) is 13.2 Å². The molecule has 2 rings (SSSR count). The second-order valence-electron chi connectivity index (χ2n) is 5.92. The van der Waals surface area contributed by atoms with E-state index in [4.69, 9.17) is 20.9 Å². The van der Waals surface area contributed by atoms with Crippen molar-refractivity contribution in [2.24, 2.45) is 0 Å². The molecular weight excluding hydrogens is 431 g/mol. The van der Waals surface area contributed by atoms with Crippen molar-refractivity contribution in [3.8, 4) is 0 Å². The smallest absolute Gasteiger partial charge is 0.215 e. The first-order valence-electron chi connectivity index (χ1n) is 8.57. The summed E-state index contributed by atoms with van der Waals surface area (Å²) >= 11 is 9.37. The van der Waals surface area contributed by atoms with E-state index >= 15 is 0 Å². The Morgan fingerprint density at radius 3 is 2.00 bits per heavy atom. The molecule has 1 N–H and O–H groups in total. The van der Waals surface area contributed by atoms with E-state index in [0.717, 1.165) is 21.4 Å². The molecule has 26 heavy (non-hydrogen) atoms. The summed E-state index contributed by atoms with van der Waals surface area (Å²) in [4.78, 5) is 2.07. The highest BCUT2D eigenvalue weighted by atomic mass is 79.9. The summed E-state index contributed by atoms with van der Waals surface area (Å²) in [5, 5.41) is 3.54. The zero-order valence-electron chi connectivity index (χ0n) is 15.6. The van der Waals surface area contributed by atoms with Crippen LogP contribution in [0.3, 0.4) is 0 Å². The highest BCUT2D eigenvalue weighted by Gasteiger charge is 2.32. The number of hydrogen-bond acceptors (Lipinski definition) is 5.